The zero-order valence-corrected chi connectivity index (χ0v) is 9.19. The van der Waals surface area contributed by atoms with Crippen molar-refractivity contribution in [2.45, 2.75) is 50.4 Å². The fraction of sp³-hybridized carbons (Fsp3) is 1.00. The topological polar surface area (TPSA) is 3.24 Å². The SMILES string of the molecule is CCCC(Cl)C1(C)CCCN1C. The normalized spacial score (nSPS) is 34.0. The standard InChI is InChI=1S/C10H20ClN/c1-4-6-9(11)10(2)7-5-8-12(10)3/h9H,4-8H2,1-3H3. The van der Waals surface area contributed by atoms with E-state index in [1.165, 1.54) is 25.8 Å². The molecule has 1 saturated heterocycles. The number of hydrogen-bond donors (Lipinski definition) is 0. The molecule has 0 aromatic heterocycles. The maximum Gasteiger partial charge on any atom is 0.0517 e. The van der Waals surface area contributed by atoms with E-state index in [2.05, 4.69) is 25.8 Å². The molecular weight excluding hydrogens is 170 g/mol. The molecule has 0 saturated carbocycles. The van der Waals surface area contributed by atoms with Crippen LogP contribution in [0.3, 0.4) is 0 Å². The van der Waals surface area contributed by atoms with Crippen LogP contribution in [0, 0.1) is 0 Å². The second kappa shape index (κ2) is 3.97. The molecule has 2 unspecified atom stereocenters. The van der Waals surface area contributed by atoms with E-state index in [4.69, 9.17) is 11.6 Å². The lowest BCUT2D eigenvalue weighted by Crippen LogP contribution is -2.45. The number of hydrogen-bond acceptors (Lipinski definition) is 1. The molecule has 0 amide bonds. The highest BCUT2D eigenvalue weighted by molar-refractivity contribution is 6.21. The number of halogens is 1. The van der Waals surface area contributed by atoms with Crippen molar-refractivity contribution in [1.29, 1.82) is 0 Å². The molecule has 0 radical (unpaired) electrons. The Kier molecular flexibility index (Phi) is 3.42. The van der Waals surface area contributed by atoms with Crippen LogP contribution < -0.4 is 0 Å². The molecule has 1 heterocycles. The minimum absolute atomic E-state index is 0.261. The Morgan fingerprint density at radius 2 is 2.25 bits per heavy atom. The van der Waals surface area contributed by atoms with Gasteiger partial charge in [-0.2, -0.15) is 0 Å². The molecular formula is C10H20ClN. The molecule has 72 valence electrons. The predicted molar refractivity (Wildman–Crippen MR) is 54.8 cm³/mol. The molecule has 1 fully saturated rings. The second-order valence-corrected chi connectivity index (χ2v) is 4.67. The van der Waals surface area contributed by atoms with Gasteiger partial charge in [-0.15, -0.1) is 11.6 Å². The van der Waals surface area contributed by atoms with E-state index in [9.17, 15) is 0 Å². The van der Waals surface area contributed by atoms with Crippen LogP contribution in [0.4, 0.5) is 0 Å². The molecule has 0 spiro atoms. The van der Waals surface area contributed by atoms with Crippen molar-refractivity contribution in [3.8, 4) is 0 Å². The highest BCUT2D eigenvalue weighted by atomic mass is 35.5. The minimum Gasteiger partial charge on any atom is -0.299 e. The molecule has 1 rings (SSSR count). The molecule has 0 N–H and O–H groups in total. The zero-order valence-electron chi connectivity index (χ0n) is 8.44. The van der Waals surface area contributed by atoms with Gasteiger partial charge in [-0.05, 0) is 39.8 Å². The van der Waals surface area contributed by atoms with Crippen molar-refractivity contribution in [1.82, 2.24) is 4.90 Å². The van der Waals surface area contributed by atoms with Crippen LogP contribution in [0.2, 0.25) is 0 Å². The fourth-order valence-corrected chi connectivity index (χ4v) is 2.57. The van der Waals surface area contributed by atoms with E-state index < -0.39 is 0 Å². The van der Waals surface area contributed by atoms with Gasteiger partial charge in [-0.25, -0.2) is 0 Å². The average molecular weight is 190 g/mol. The molecule has 1 nitrogen and oxygen atoms in total. The molecule has 0 aromatic rings. The number of alkyl halides is 1. The van der Waals surface area contributed by atoms with E-state index in [1.807, 2.05) is 0 Å². The summed E-state index contributed by atoms with van der Waals surface area (Å²) in [5.74, 6) is 0. The van der Waals surface area contributed by atoms with Crippen molar-refractivity contribution in [2.75, 3.05) is 13.6 Å². The third kappa shape index (κ3) is 1.77. The van der Waals surface area contributed by atoms with Gasteiger partial charge >= 0.3 is 0 Å². The third-order valence-electron chi connectivity index (χ3n) is 3.27. The van der Waals surface area contributed by atoms with Crippen LogP contribution in [0.5, 0.6) is 0 Å². The molecule has 1 aliphatic rings. The van der Waals surface area contributed by atoms with E-state index in [-0.39, 0.29) is 5.54 Å². The fourth-order valence-electron chi connectivity index (χ4n) is 2.08. The molecule has 12 heavy (non-hydrogen) atoms. The van der Waals surface area contributed by atoms with E-state index >= 15 is 0 Å². The molecule has 2 heteroatoms. The van der Waals surface area contributed by atoms with Gasteiger partial charge in [-0.1, -0.05) is 13.3 Å². The highest BCUT2D eigenvalue weighted by Gasteiger charge is 2.39. The lowest BCUT2D eigenvalue weighted by atomic mass is 9.92. The summed E-state index contributed by atoms with van der Waals surface area (Å²) < 4.78 is 0. The second-order valence-electron chi connectivity index (χ2n) is 4.14. The summed E-state index contributed by atoms with van der Waals surface area (Å²) in [7, 11) is 2.19. The Hall–Kier alpha value is 0.250. The van der Waals surface area contributed by atoms with Crippen LogP contribution in [0.1, 0.15) is 39.5 Å². The van der Waals surface area contributed by atoms with Gasteiger partial charge in [0, 0.05) is 5.54 Å². The van der Waals surface area contributed by atoms with E-state index in [0.29, 0.717) is 5.38 Å². The first-order valence-corrected chi connectivity index (χ1v) is 5.40. The lowest BCUT2D eigenvalue weighted by Gasteiger charge is -2.36. The average Bonchev–Trinajstić information content (AvgIpc) is 2.34. The number of nitrogens with zero attached hydrogens (tertiary/aromatic N) is 1. The third-order valence-corrected chi connectivity index (χ3v) is 3.95. The Morgan fingerprint density at radius 1 is 1.58 bits per heavy atom. The molecule has 2 atom stereocenters. The van der Waals surface area contributed by atoms with Crippen LogP contribution in [-0.4, -0.2) is 29.4 Å². The first kappa shape index (κ1) is 10.3. The van der Waals surface area contributed by atoms with Crippen LogP contribution in [0.25, 0.3) is 0 Å². The van der Waals surface area contributed by atoms with Gasteiger partial charge in [0.15, 0.2) is 0 Å². The van der Waals surface area contributed by atoms with Crippen molar-refractivity contribution >= 4 is 11.6 Å². The number of likely N-dealkylation sites (tertiary alicyclic amines) is 1. The van der Waals surface area contributed by atoms with Crippen molar-refractivity contribution in [2.24, 2.45) is 0 Å². The first-order chi connectivity index (χ1) is 5.61. The minimum atomic E-state index is 0.261. The van der Waals surface area contributed by atoms with Crippen LogP contribution >= 0.6 is 11.6 Å². The van der Waals surface area contributed by atoms with Gasteiger partial charge in [0.1, 0.15) is 0 Å². The molecule has 1 aliphatic heterocycles. The summed E-state index contributed by atoms with van der Waals surface area (Å²) in [5.41, 5.74) is 0.261. The summed E-state index contributed by atoms with van der Waals surface area (Å²) in [4.78, 5) is 2.42. The predicted octanol–water partition coefficient (Wildman–Crippen LogP) is 2.88. The summed E-state index contributed by atoms with van der Waals surface area (Å²) in [6.45, 7) is 5.71. The Bertz CT molecular complexity index is 149. The Morgan fingerprint density at radius 3 is 2.67 bits per heavy atom. The highest BCUT2D eigenvalue weighted by Crippen LogP contribution is 2.35. The monoisotopic (exact) mass is 189 g/mol. The Balaban J connectivity index is 2.56. The van der Waals surface area contributed by atoms with Gasteiger partial charge in [0.25, 0.3) is 0 Å². The maximum atomic E-state index is 6.38. The Labute approximate surface area is 81.1 Å². The summed E-state index contributed by atoms with van der Waals surface area (Å²) in [5, 5.41) is 0.329. The van der Waals surface area contributed by atoms with Gasteiger partial charge in [0.05, 0.1) is 5.38 Å². The molecule has 0 bridgehead atoms. The zero-order chi connectivity index (χ0) is 9.19. The van der Waals surface area contributed by atoms with E-state index in [0.717, 1.165) is 6.42 Å². The van der Waals surface area contributed by atoms with Gasteiger partial charge < -0.3 is 0 Å². The smallest absolute Gasteiger partial charge is 0.0517 e. The van der Waals surface area contributed by atoms with Crippen molar-refractivity contribution in [3.05, 3.63) is 0 Å². The quantitative estimate of drug-likeness (QED) is 0.618. The van der Waals surface area contributed by atoms with Crippen LogP contribution in [-0.2, 0) is 0 Å². The molecule has 0 aromatic carbocycles. The van der Waals surface area contributed by atoms with E-state index in [1.54, 1.807) is 0 Å². The largest absolute Gasteiger partial charge is 0.299 e. The number of rotatable bonds is 3. The van der Waals surface area contributed by atoms with Gasteiger partial charge in [-0.3, -0.25) is 4.90 Å². The lowest BCUT2D eigenvalue weighted by molar-refractivity contribution is 0.183. The molecule has 0 aliphatic carbocycles. The summed E-state index contributed by atoms with van der Waals surface area (Å²) in [6.07, 6.45) is 4.90. The summed E-state index contributed by atoms with van der Waals surface area (Å²) in [6, 6.07) is 0. The van der Waals surface area contributed by atoms with Crippen molar-refractivity contribution < 1.29 is 0 Å². The van der Waals surface area contributed by atoms with Crippen molar-refractivity contribution in [3.63, 3.8) is 0 Å². The maximum absolute atomic E-state index is 6.38. The van der Waals surface area contributed by atoms with Gasteiger partial charge in [0.2, 0.25) is 0 Å². The first-order valence-electron chi connectivity index (χ1n) is 4.96. The van der Waals surface area contributed by atoms with Crippen LogP contribution in [0.15, 0.2) is 0 Å². The summed E-state index contributed by atoms with van der Waals surface area (Å²) >= 11 is 6.38.